The molecule has 0 saturated heterocycles. The summed E-state index contributed by atoms with van der Waals surface area (Å²) in [6.07, 6.45) is 1.22. The Bertz CT molecular complexity index is 1450. The Morgan fingerprint density at radius 1 is 1.00 bits per heavy atom. The van der Waals surface area contributed by atoms with Crippen molar-refractivity contribution in [2.24, 2.45) is 0 Å². The lowest BCUT2D eigenvalue weighted by Gasteiger charge is -2.23. The Morgan fingerprint density at radius 3 is 2.42 bits per heavy atom. The summed E-state index contributed by atoms with van der Waals surface area (Å²) < 4.78 is 0. The fourth-order valence-electron chi connectivity index (χ4n) is 4.69. The predicted octanol–water partition coefficient (Wildman–Crippen LogP) is 5.59. The monoisotopic (exact) mass is 560 g/mol. The van der Waals surface area contributed by atoms with Crippen molar-refractivity contribution in [2.45, 2.75) is 26.2 Å². The molecule has 0 bridgehead atoms. The topological polar surface area (TPSA) is 102 Å². The lowest BCUT2D eigenvalue weighted by molar-refractivity contribution is -0.137. The van der Waals surface area contributed by atoms with E-state index in [1.54, 1.807) is 24.0 Å². The smallest absolute Gasteiger partial charge is 0.303 e. The Morgan fingerprint density at radius 2 is 1.75 bits per heavy atom. The van der Waals surface area contributed by atoms with E-state index in [2.05, 4.69) is 15.5 Å². The Labute approximate surface area is 239 Å². The molecular formula is C31H33ClN4O4. The second-order valence-corrected chi connectivity index (χ2v) is 10.4. The number of benzene rings is 3. The fourth-order valence-corrected chi connectivity index (χ4v) is 4.86. The first-order valence-electron chi connectivity index (χ1n) is 13.1. The van der Waals surface area contributed by atoms with Crippen LogP contribution in [0.1, 0.15) is 36.5 Å². The average Bonchev–Trinajstić information content (AvgIpc) is 3.23. The van der Waals surface area contributed by atoms with Gasteiger partial charge in [0.15, 0.2) is 0 Å². The van der Waals surface area contributed by atoms with Gasteiger partial charge < -0.3 is 25.5 Å². The molecule has 0 spiro atoms. The highest BCUT2D eigenvalue weighted by Crippen LogP contribution is 2.39. The molecule has 0 unspecified atom stereocenters. The highest BCUT2D eigenvalue weighted by molar-refractivity contribution is 6.38. The number of nitrogens with zero attached hydrogens (tertiary/aromatic N) is 2. The van der Waals surface area contributed by atoms with Crippen LogP contribution in [0.15, 0.2) is 66.7 Å². The van der Waals surface area contributed by atoms with Gasteiger partial charge in [0.2, 0.25) is 5.91 Å². The summed E-state index contributed by atoms with van der Waals surface area (Å²) in [7, 11) is 4.01. The molecule has 0 atom stereocenters. The maximum Gasteiger partial charge on any atom is 0.303 e. The SMILES string of the molecule is CC(=O)N(CCCN(C)C)c1ccc(NC(=C2C(=O)Nc3cc(Cl)ccc32)c2cccc(CCC(=O)O)c2)cc1. The van der Waals surface area contributed by atoms with Crippen molar-refractivity contribution in [1.82, 2.24) is 4.90 Å². The molecule has 3 N–H and O–H groups in total. The first-order chi connectivity index (χ1) is 19.1. The molecule has 1 aliphatic heterocycles. The summed E-state index contributed by atoms with van der Waals surface area (Å²) >= 11 is 6.17. The van der Waals surface area contributed by atoms with Crippen LogP contribution in [0.2, 0.25) is 5.02 Å². The zero-order valence-corrected chi connectivity index (χ0v) is 23.6. The normalized spacial score (nSPS) is 13.6. The number of halogens is 1. The molecule has 2 amide bonds. The van der Waals surface area contributed by atoms with E-state index >= 15 is 0 Å². The largest absolute Gasteiger partial charge is 0.481 e. The minimum Gasteiger partial charge on any atom is -0.481 e. The van der Waals surface area contributed by atoms with Crippen LogP contribution in [0.5, 0.6) is 0 Å². The standard InChI is InChI=1S/C31H33ClN4O4/c1-20(37)36(17-5-16-35(2)3)25-12-10-24(11-13-25)33-30(22-7-4-6-21(18-22)8-15-28(38)39)29-26-14-9-23(32)19-27(26)34-31(29)40/h4,6-7,9-14,18-19,33H,5,8,15-17H2,1-3H3,(H,34,40)(H,38,39). The van der Waals surface area contributed by atoms with Crippen molar-refractivity contribution < 1.29 is 19.5 Å². The third-order valence-electron chi connectivity index (χ3n) is 6.63. The van der Waals surface area contributed by atoms with Gasteiger partial charge in [0.05, 0.1) is 17.0 Å². The molecule has 208 valence electrons. The van der Waals surface area contributed by atoms with E-state index in [0.29, 0.717) is 40.5 Å². The molecule has 0 radical (unpaired) electrons. The number of rotatable bonds is 11. The first kappa shape index (κ1) is 28.9. The molecule has 40 heavy (non-hydrogen) atoms. The van der Waals surface area contributed by atoms with E-state index < -0.39 is 5.97 Å². The van der Waals surface area contributed by atoms with Crippen LogP contribution in [0.25, 0.3) is 11.3 Å². The Kier molecular flexibility index (Phi) is 9.24. The number of hydrogen-bond acceptors (Lipinski definition) is 5. The van der Waals surface area contributed by atoms with Crippen LogP contribution >= 0.6 is 11.6 Å². The van der Waals surface area contributed by atoms with Gasteiger partial charge in [-0.1, -0.05) is 35.9 Å². The molecule has 0 fully saturated rings. The molecule has 1 aliphatic rings. The van der Waals surface area contributed by atoms with Crippen LogP contribution in [0.4, 0.5) is 17.1 Å². The van der Waals surface area contributed by atoms with E-state index in [9.17, 15) is 14.4 Å². The van der Waals surface area contributed by atoms with Crippen molar-refractivity contribution >= 4 is 57.7 Å². The third-order valence-corrected chi connectivity index (χ3v) is 6.87. The van der Waals surface area contributed by atoms with Crippen molar-refractivity contribution in [3.63, 3.8) is 0 Å². The number of carbonyl (C=O) groups excluding carboxylic acids is 2. The minimum atomic E-state index is -0.871. The zero-order chi connectivity index (χ0) is 28.8. The maximum absolute atomic E-state index is 13.2. The third kappa shape index (κ3) is 7.08. The molecule has 8 nitrogen and oxygen atoms in total. The van der Waals surface area contributed by atoms with Crippen LogP contribution in [0, 0.1) is 0 Å². The molecule has 9 heteroatoms. The molecule has 0 aliphatic carbocycles. The summed E-state index contributed by atoms with van der Waals surface area (Å²) in [4.78, 5) is 40.6. The second kappa shape index (κ2) is 12.8. The van der Waals surface area contributed by atoms with Crippen LogP contribution < -0.4 is 15.5 Å². The Balaban J connectivity index is 1.71. The van der Waals surface area contributed by atoms with Gasteiger partial charge in [-0.25, -0.2) is 0 Å². The number of amides is 2. The Hall–Kier alpha value is -4.14. The number of aliphatic carboxylic acids is 1. The van der Waals surface area contributed by atoms with E-state index in [1.807, 2.05) is 68.7 Å². The lowest BCUT2D eigenvalue weighted by atomic mass is 9.97. The van der Waals surface area contributed by atoms with Crippen molar-refractivity contribution in [1.29, 1.82) is 0 Å². The van der Waals surface area contributed by atoms with Crippen LogP contribution in [0.3, 0.4) is 0 Å². The van der Waals surface area contributed by atoms with Gasteiger partial charge >= 0.3 is 5.97 Å². The van der Waals surface area contributed by atoms with Gasteiger partial charge in [-0.15, -0.1) is 0 Å². The van der Waals surface area contributed by atoms with Crippen LogP contribution in [-0.2, 0) is 20.8 Å². The van der Waals surface area contributed by atoms with Crippen LogP contribution in [-0.4, -0.2) is 55.0 Å². The molecule has 4 rings (SSSR count). The number of carboxylic acids is 1. The van der Waals surface area contributed by atoms with Crippen molar-refractivity contribution in [3.05, 3.63) is 88.4 Å². The number of fused-ring (bicyclic) bond motifs is 1. The molecule has 3 aromatic carbocycles. The fraction of sp³-hybridized carbons (Fsp3) is 0.258. The number of anilines is 3. The van der Waals surface area contributed by atoms with Crippen molar-refractivity contribution in [3.8, 4) is 0 Å². The van der Waals surface area contributed by atoms with Gasteiger partial charge in [-0.2, -0.15) is 0 Å². The number of carboxylic acid groups (broad SMARTS) is 1. The summed E-state index contributed by atoms with van der Waals surface area (Å²) in [5.74, 6) is -1.17. The molecule has 0 saturated carbocycles. The predicted molar refractivity (Wildman–Crippen MR) is 161 cm³/mol. The molecule has 3 aromatic rings. The highest BCUT2D eigenvalue weighted by atomic mass is 35.5. The molecular weight excluding hydrogens is 528 g/mol. The number of carbonyl (C=O) groups is 3. The van der Waals surface area contributed by atoms with Gasteiger partial charge in [0.25, 0.3) is 5.91 Å². The molecule has 0 aromatic heterocycles. The summed E-state index contributed by atoms with van der Waals surface area (Å²) in [5.41, 5.74) is 5.49. The summed E-state index contributed by atoms with van der Waals surface area (Å²) in [6, 6.07) is 20.3. The van der Waals surface area contributed by atoms with Gasteiger partial charge in [0, 0.05) is 41.9 Å². The van der Waals surface area contributed by atoms with E-state index in [-0.39, 0.29) is 18.2 Å². The lowest BCUT2D eigenvalue weighted by Crippen LogP contribution is -2.31. The minimum absolute atomic E-state index is 0.00720. The zero-order valence-electron chi connectivity index (χ0n) is 22.8. The van der Waals surface area contributed by atoms with Gasteiger partial charge in [0.1, 0.15) is 0 Å². The second-order valence-electron chi connectivity index (χ2n) is 9.99. The molecule has 1 heterocycles. The number of aryl methyl sites for hydroxylation is 1. The van der Waals surface area contributed by atoms with E-state index in [1.165, 1.54) is 0 Å². The van der Waals surface area contributed by atoms with Crippen molar-refractivity contribution in [2.75, 3.05) is 42.7 Å². The van der Waals surface area contributed by atoms with Gasteiger partial charge in [-0.05, 0) is 87.1 Å². The quantitative estimate of drug-likeness (QED) is 0.264. The number of hydrogen-bond donors (Lipinski definition) is 3. The van der Waals surface area contributed by atoms with E-state index in [0.717, 1.165) is 35.5 Å². The first-order valence-corrected chi connectivity index (χ1v) is 13.5. The average molecular weight is 561 g/mol. The highest BCUT2D eigenvalue weighted by Gasteiger charge is 2.29. The number of nitrogens with one attached hydrogen (secondary N) is 2. The summed E-state index contributed by atoms with van der Waals surface area (Å²) in [5, 5.41) is 16.0. The maximum atomic E-state index is 13.2. The summed E-state index contributed by atoms with van der Waals surface area (Å²) in [6.45, 7) is 3.04. The van der Waals surface area contributed by atoms with E-state index in [4.69, 9.17) is 16.7 Å². The van der Waals surface area contributed by atoms with Gasteiger partial charge in [-0.3, -0.25) is 14.4 Å².